The molecule has 0 fully saturated rings. The fourth-order valence-corrected chi connectivity index (χ4v) is 1.79. The molecule has 1 aliphatic rings. The summed E-state index contributed by atoms with van der Waals surface area (Å²) in [5.74, 6) is -0.109. The van der Waals surface area contributed by atoms with E-state index in [1.807, 2.05) is 0 Å². The van der Waals surface area contributed by atoms with Crippen LogP contribution in [0.25, 0.3) is 0 Å². The number of hydrogen-bond acceptors (Lipinski definition) is 4. The Kier molecular flexibility index (Phi) is 3.23. The Bertz CT molecular complexity index is 493. The summed E-state index contributed by atoms with van der Waals surface area (Å²) in [6.45, 7) is 1.47. The third-order valence-electron chi connectivity index (χ3n) is 2.87. The highest BCUT2D eigenvalue weighted by Gasteiger charge is 2.16. The van der Waals surface area contributed by atoms with Crippen LogP contribution in [0, 0.1) is 0 Å². The van der Waals surface area contributed by atoms with Crippen molar-refractivity contribution in [3.8, 4) is 0 Å². The van der Waals surface area contributed by atoms with Gasteiger partial charge >= 0.3 is 0 Å². The molecule has 0 saturated heterocycles. The molecule has 0 saturated carbocycles. The molecular formula is C11H16N4O2. The SMILES string of the molecule is CN(C)C(=O)Cn1cnc2c(c1=O)CCNC2. The molecule has 0 unspecified atom stereocenters. The maximum atomic E-state index is 12.1. The lowest BCUT2D eigenvalue weighted by molar-refractivity contribution is -0.129. The fraction of sp³-hybridized carbons (Fsp3) is 0.545. The molecule has 0 atom stereocenters. The first-order valence-corrected chi connectivity index (χ1v) is 5.57. The van der Waals surface area contributed by atoms with Crippen LogP contribution in [-0.4, -0.2) is 41.0 Å². The minimum atomic E-state index is -0.109. The summed E-state index contributed by atoms with van der Waals surface area (Å²) in [4.78, 5) is 29.3. The molecule has 0 aromatic carbocycles. The number of nitrogens with one attached hydrogen (secondary N) is 1. The first kappa shape index (κ1) is 11.8. The lowest BCUT2D eigenvalue weighted by Crippen LogP contribution is -2.37. The minimum Gasteiger partial charge on any atom is -0.347 e. The van der Waals surface area contributed by atoms with Crippen molar-refractivity contribution in [3.05, 3.63) is 27.9 Å². The van der Waals surface area contributed by atoms with Crippen LogP contribution in [0.2, 0.25) is 0 Å². The molecular weight excluding hydrogens is 220 g/mol. The minimum absolute atomic E-state index is 0.0551. The van der Waals surface area contributed by atoms with Gasteiger partial charge in [-0.3, -0.25) is 14.2 Å². The highest BCUT2D eigenvalue weighted by atomic mass is 16.2. The first-order chi connectivity index (χ1) is 8.09. The fourth-order valence-electron chi connectivity index (χ4n) is 1.79. The van der Waals surface area contributed by atoms with Crippen molar-refractivity contribution >= 4 is 5.91 Å². The van der Waals surface area contributed by atoms with Gasteiger partial charge in [-0.15, -0.1) is 0 Å². The van der Waals surface area contributed by atoms with E-state index < -0.39 is 0 Å². The van der Waals surface area contributed by atoms with Crippen LogP contribution in [0.4, 0.5) is 0 Å². The number of carbonyl (C=O) groups is 1. The summed E-state index contributed by atoms with van der Waals surface area (Å²) in [7, 11) is 3.34. The summed E-state index contributed by atoms with van der Waals surface area (Å²) < 4.78 is 1.38. The lowest BCUT2D eigenvalue weighted by Gasteiger charge is -2.17. The third kappa shape index (κ3) is 2.36. The van der Waals surface area contributed by atoms with Gasteiger partial charge in [-0.1, -0.05) is 0 Å². The molecule has 0 bridgehead atoms. The summed E-state index contributed by atoms with van der Waals surface area (Å²) in [6.07, 6.45) is 2.13. The molecule has 6 nitrogen and oxygen atoms in total. The largest absolute Gasteiger partial charge is 0.347 e. The van der Waals surface area contributed by atoms with Gasteiger partial charge in [0, 0.05) is 26.2 Å². The first-order valence-electron chi connectivity index (χ1n) is 5.57. The molecule has 1 N–H and O–H groups in total. The van der Waals surface area contributed by atoms with Crippen molar-refractivity contribution in [1.29, 1.82) is 0 Å². The normalized spacial score (nSPS) is 14.2. The Balaban J connectivity index is 2.31. The van der Waals surface area contributed by atoms with E-state index in [9.17, 15) is 9.59 Å². The predicted octanol–water partition coefficient (Wildman–Crippen LogP) is -1.02. The molecule has 0 aliphatic carbocycles. The van der Waals surface area contributed by atoms with Gasteiger partial charge in [0.2, 0.25) is 5.91 Å². The molecule has 1 aromatic rings. The Morgan fingerprint density at radius 2 is 2.35 bits per heavy atom. The average Bonchev–Trinajstić information content (AvgIpc) is 2.33. The number of amides is 1. The summed E-state index contributed by atoms with van der Waals surface area (Å²) >= 11 is 0. The van der Waals surface area contributed by atoms with E-state index in [1.54, 1.807) is 14.1 Å². The molecule has 2 heterocycles. The van der Waals surface area contributed by atoms with Crippen molar-refractivity contribution in [2.24, 2.45) is 0 Å². The zero-order chi connectivity index (χ0) is 12.4. The maximum Gasteiger partial charge on any atom is 0.257 e. The molecule has 17 heavy (non-hydrogen) atoms. The van der Waals surface area contributed by atoms with Crippen LogP contribution in [0.3, 0.4) is 0 Å². The Labute approximate surface area is 99.3 Å². The van der Waals surface area contributed by atoms with Crippen molar-refractivity contribution in [3.63, 3.8) is 0 Å². The van der Waals surface area contributed by atoms with Crippen molar-refractivity contribution in [2.45, 2.75) is 19.5 Å². The Hall–Kier alpha value is -1.69. The predicted molar refractivity (Wildman–Crippen MR) is 62.6 cm³/mol. The van der Waals surface area contributed by atoms with Crippen molar-refractivity contribution in [2.75, 3.05) is 20.6 Å². The quantitative estimate of drug-likeness (QED) is 0.713. The molecule has 1 aliphatic heterocycles. The number of rotatable bonds is 2. The number of carbonyl (C=O) groups excluding carboxylic acids is 1. The van der Waals surface area contributed by atoms with Gasteiger partial charge in [0.1, 0.15) is 6.54 Å². The second kappa shape index (κ2) is 4.67. The van der Waals surface area contributed by atoms with E-state index in [4.69, 9.17) is 0 Å². The van der Waals surface area contributed by atoms with Gasteiger partial charge in [0.25, 0.3) is 5.56 Å². The maximum absolute atomic E-state index is 12.1. The second-order valence-electron chi connectivity index (χ2n) is 4.32. The highest BCUT2D eigenvalue weighted by Crippen LogP contribution is 2.05. The lowest BCUT2D eigenvalue weighted by atomic mass is 10.1. The molecule has 0 radical (unpaired) electrons. The molecule has 2 rings (SSSR count). The zero-order valence-corrected chi connectivity index (χ0v) is 10.1. The van der Waals surface area contributed by atoms with Gasteiger partial charge < -0.3 is 10.2 Å². The van der Waals surface area contributed by atoms with Gasteiger partial charge in [-0.2, -0.15) is 0 Å². The Morgan fingerprint density at radius 1 is 1.59 bits per heavy atom. The second-order valence-corrected chi connectivity index (χ2v) is 4.32. The number of hydrogen-bond donors (Lipinski definition) is 1. The Morgan fingerprint density at radius 3 is 3.06 bits per heavy atom. The van der Waals surface area contributed by atoms with E-state index in [2.05, 4.69) is 10.3 Å². The van der Waals surface area contributed by atoms with Crippen LogP contribution in [0.15, 0.2) is 11.1 Å². The topological polar surface area (TPSA) is 67.2 Å². The molecule has 1 amide bonds. The summed E-state index contributed by atoms with van der Waals surface area (Å²) in [5.41, 5.74) is 1.44. The van der Waals surface area contributed by atoms with Crippen LogP contribution in [-0.2, 0) is 24.3 Å². The van der Waals surface area contributed by atoms with E-state index in [1.165, 1.54) is 15.8 Å². The summed E-state index contributed by atoms with van der Waals surface area (Å²) in [5, 5.41) is 3.16. The number of fused-ring (bicyclic) bond motifs is 1. The third-order valence-corrected chi connectivity index (χ3v) is 2.87. The number of nitrogens with zero attached hydrogens (tertiary/aromatic N) is 3. The van der Waals surface area contributed by atoms with Gasteiger partial charge in [0.15, 0.2) is 0 Å². The zero-order valence-electron chi connectivity index (χ0n) is 10.1. The van der Waals surface area contributed by atoms with E-state index in [0.29, 0.717) is 13.0 Å². The van der Waals surface area contributed by atoms with Gasteiger partial charge in [0.05, 0.1) is 12.0 Å². The average molecular weight is 236 g/mol. The van der Waals surface area contributed by atoms with E-state index in [0.717, 1.165) is 17.8 Å². The van der Waals surface area contributed by atoms with Crippen LogP contribution in [0.5, 0.6) is 0 Å². The van der Waals surface area contributed by atoms with Crippen molar-refractivity contribution < 1.29 is 4.79 Å². The van der Waals surface area contributed by atoms with E-state index in [-0.39, 0.29) is 18.0 Å². The molecule has 92 valence electrons. The van der Waals surface area contributed by atoms with Crippen LogP contribution >= 0.6 is 0 Å². The van der Waals surface area contributed by atoms with E-state index >= 15 is 0 Å². The summed E-state index contributed by atoms with van der Waals surface area (Å²) in [6, 6.07) is 0. The highest BCUT2D eigenvalue weighted by molar-refractivity contribution is 5.75. The smallest absolute Gasteiger partial charge is 0.257 e. The van der Waals surface area contributed by atoms with Gasteiger partial charge in [-0.25, -0.2) is 4.98 Å². The molecule has 0 spiro atoms. The number of likely N-dealkylation sites (N-methyl/N-ethyl adjacent to an activating group) is 1. The van der Waals surface area contributed by atoms with Crippen molar-refractivity contribution in [1.82, 2.24) is 19.8 Å². The van der Waals surface area contributed by atoms with Crippen LogP contribution in [0.1, 0.15) is 11.3 Å². The van der Waals surface area contributed by atoms with Crippen LogP contribution < -0.4 is 10.9 Å². The molecule has 1 aromatic heterocycles. The standard InChI is InChI=1S/C11H16N4O2/c1-14(2)10(16)6-15-7-13-9-5-12-4-3-8(9)11(15)17/h7,12H,3-6H2,1-2H3. The van der Waals surface area contributed by atoms with Gasteiger partial charge in [-0.05, 0) is 13.0 Å². The number of aromatic nitrogens is 2. The monoisotopic (exact) mass is 236 g/mol. The molecule has 6 heteroatoms.